The molecule has 3 rings (SSSR count). The zero-order valence-electron chi connectivity index (χ0n) is 17.2. The van der Waals surface area contributed by atoms with Crippen molar-refractivity contribution < 1.29 is 23.9 Å². The van der Waals surface area contributed by atoms with E-state index >= 15 is 0 Å². The van der Waals surface area contributed by atoms with Gasteiger partial charge in [-0.2, -0.15) is 0 Å². The SMILES string of the molecule is O=C(NCCCN1C(=O)CCC1=O)C1CCCN(C(=O)CCOc2ccccc2)C1. The molecule has 2 saturated heterocycles. The number of imide groups is 1. The third-order valence-electron chi connectivity index (χ3n) is 5.49. The number of para-hydroxylation sites is 1. The van der Waals surface area contributed by atoms with Crippen LogP contribution in [-0.4, -0.2) is 66.2 Å². The number of amides is 4. The Balaban J connectivity index is 1.35. The lowest BCUT2D eigenvalue weighted by Crippen LogP contribution is -2.46. The molecule has 0 bridgehead atoms. The topological polar surface area (TPSA) is 96.0 Å². The van der Waals surface area contributed by atoms with E-state index in [0.29, 0.717) is 39.2 Å². The number of ether oxygens (including phenoxy) is 1. The number of carbonyl (C=O) groups excluding carboxylic acids is 4. The van der Waals surface area contributed by atoms with Crippen LogP contribution in [-0.2, 0) is 19.2 Å². The van der Waals surface area contributed by atoms with Crippen LogP contribution in [0.4, 0.5) is 0 Å². The molecule has 2 aliphatic rings. The van der Waals surface area contributed by atoms with Crippen molar-refractivity contribution in [1.82, 2.24) is 15.1 Å². The number of carbonyl (C=O) groups is 4. The number of benzene rings is 1. The van der Waals surface area contributed by atoms with Gasteiger partial charge in [0.2, 0.25) is 23.6 Å². The van der Waals surface area contributed by atoms with Crippen molar-refractivity contribution in [2.24, 2.45) is 5.92 Å². The highest BCUT2D eigenvalue weighted by molar-refractivity contribution is 6.01. The van der Waals surface area contributed by atoms with Crippen molar-refractivity contribution in [1.29, 1.82) is 0 Å². The molecule has 1 unspecified atom stereocenters. The quantitative estimate of drug-likeness (QED) is 0.485. The van der Waals surface area contributed by atoms with Crippen LogP contribution >= 0.6 is 0 Å². The standard InChI is InChI=1S/C22H29N3O5/c26-19(11-15-30-18-7-2-1-3-8-18)24-13-4-6-17(16-24)22(29)23-12-5-14-25-20(27)9-10-21(25)28/h1-3,7-8,17H,4-6,9-16H2,(H,23,29). The molecular formula is C22H29N3O5. The van der Waals surface area contributed by atoms with Crippen molar-refractivity contribution in [3.63, 3.8) is 0 Å². The Bertz CT molecular complexity index is 751. The lowest BCUT2D eigenvalue weighted by molar-refractivity contribution is -0.138. The Hall–Kier alpha value is -2.90. The summed E-state index contributed by atoms with van der Waals surface area (Å²) in [6.07, 6.45) is 2.93. The minimum atomic E-state index is -0.229. The predicted molar refractivity (Wildman–Crippen MR) is 109 cm³/mol. The Morgan fingerprint density at radius 1 is 1.10 bits per heavy atom. The Labute approximate surface area is 176 Å². The van der Waals surface area contributed by atoms with Crippen LogP contribution in [0, 0.1) is 5.92 Å². The number of likely N-dealkylation sites (tertiary alicyclic amines) is 2. The lowest BCUT2D eigenvalue weighted by Gasteiger charge is -2.32. The maximum absolute atomic E-state index is 12.5. The zero-order valence-corrected chi connectivity index (χ0v) is 17.2. The van der Waals surface area contributed by atoms with E-state index in [1.54, 1.807) is 4.90 Å². The van der Waals surface area contributed by atoms with Crippen LogP contribution < -0.4 is 10.1 Å². The average Bonchev–Trinajstić information content (AvgIpc) is 3.09. The van der Waals surface area contributed by atoms with E-state index in [1.807, 2.05) is 30.3 Å². The average molecular weight is 415 g/mol. The Kier molecular flexibility index (Phi) is 7.82. The van der Waals surface area contributed by atoms with E-state index in [0.717, 1.165) is 18.6 Å². The molecule has 1 atom stereocenters. The third kappa shape index (κ3) is 6.05. The molecule has 0 saturated carbocycles. The molecule has 1 aromatic rings. The van der Waals surface area contributed by atoms with E-state index in [-0.39, 0.29) is 48.8 Å². The van der Waals surface area contributed by atoms with Crippen LogP contribution in [0.3, 0.4) is 0 Å². The lowest BCUT2D eigenvalue weighted by atomic mass is 9.97. The summed E-state index contributed by atoms with van der Waals surface area (Å²) < 4.78 is 5.59. The van der Waals surface area contributed by atoms with Gasteiger partial charge in [-0.1, -0.05) is 18.2 Å². The summed E-state index contributed by atoms with van der Waals surface area (Å²) in [6.45, 7) is 2.14. The number of piperidine rings is 1. The minimum Gasteiger partial charge on any atom is -0.493 e. The highest BCUT2D eigenvalue weighted by Crippen LogP contribution is 2.18. The molecule has 2 fully saturated rings. The van der Waals surface area contributed by atoms with Gasteiger partial charge in [0.15, 0.2) is 0 Å². The van der Waals surface area contributed by atoms with Gasteiger partial charge >= 0.3 is 0 Å². The van der Waals surface area contributed by atoms with Crippen molar-refractivity contribution in [3.05, 3.63) is 30.3 Å². The van der Waals surface area contributed by atoms with Crippen molar-refractivity contribution in [3.8, 4) is 5.75 Å². The molecule has 162 valence electrons. The molecule has 30 heavy (non-hydrogen) atoms. The first-order valence-electron chi connectivity index (χ1n) is 10.6. The van der Waals surface area contributed by atoms with Crippen molar-refractivity contribution in [2.45, 2.75) is 38.5 Å². The molecule has 0 aliphatic carbocycles. The number of hydrogen-bond donors (Lipinski definition) is 1. The first-order chi connectivity index (χ1) is 14.5. The van der Waals surface area contributed by atoms with Gasteiger partial charge in [-0.25, -0.2) is 0 Å². The summed E-state index contributed by atoms with van der Waals surface area (Å²) in [5.74, 6) is 0.154. The number of hydrogen-bond acceptors (Lipinski definition) is 5. The third-order valence-corrected chi connectivity index (χ3v) is 5.49. The van der Waals surface area contributed by atoms with Crippen LogP contribution in [0.1, 0.15) is 38.5 Å². The van der Waals surface area contributed by atoms with Gasteiger partial charge in [-0.05, 0) is 31.4 Å². The van der Waals surface area contributed by atoms with E-state index in [2.05, 4.69) is 5.32 Å². The van der Waals surface area contributed by atoms with Crippen LogP contribution in [0.25, 0.3) is 0 Å². The highest BCUT2D eigenvalue weighted by atomic mass is 16.5. The summed E-state index contributed by atoms with van der Waals surface area (Å²) >= 11 is 0. The fourth-order valence-corrected chi connectivity index (χ4v) is 3.81. The van der Waals surface area contributed by atoms with E-state index in [4.69, 9.17) is 4.74 Å². The summed E-state index contributed by atoms with van der Waals surface area (Å²) in [5.41, 5.74) is 0. The fourth-order valence-electron chi connectivity index (χ4n) is 3.81. The molecule has 1 N–H and O–H groups in total. The molecule has 2 heterocycles. The van der Waals surface area contributed by atoms with Crippen LogP contribution in [0.5, 0.6) is 5.75 Å². The molecule has 0 spiro atoms. The van der Waals surface area contributed by atoms with Gasteiger partial charge in [0, 0.05) is 39.0 Å². The second-order valence-electron chi connectivity index (χ2n) is 7.67. The summed E-state index contributed by atoms with van der Waals surface area (Å²) in [6, 6.07) is 9.36. The van der Waals surface area contributed by atoms with Gasteiger partial charge in [-0.15, -0.1) is 0 Å². The molecule has 8 nitrogen and oxygen atoms in total. The van der Waals surface area contributed by atoms with Crippen molar-refractivity contribution in [2.75, 3.05) is 32.8 Å². The minimum absolute atomic E-state index is 0.00510. The number of nitrogens with zero attached hydrogens (tertiary/aromatic N) is 2. The van der Waals surface area contributed by atoms with E-state index < -0.39 is 0 Å². The molecule has 0 radical (unpaired) electrons. The zero-order chi connectivity index (χ0) is 21.3. The molecule has 0 aromatic heterocycles. The smallest absolute Gasteiger partial charge is 0.229 e. The van der Waals surface area contributed by atoms with E-state index in [1.165, 1.54) is 4.90 Å². The summed E-state index contributed by atoms with van der Waals surface area (Å²) in [4.78, 5) is 51.1. The summed E-state index contributed by atoms with van der Waals surface area (Å²) in [7, 11) is 0. The van der Waals surface area contributed by atoms with Gasteiger partial charge < -0.3 is 15.0 Å². The van der Waals surface area contributed by atoms with Crippen LogP contribution in [0.15, 0.2) is 30.3 Å². The second-order valence-corrected chi connectivity index (χ2v) is 7.67. The highest BCUT2D eigenvalue weighted by Gasteiger charge is 2.29. The monoisotopic (exact) mass is 415 g/mol. The molecule has 8 heteroatoms. The largest absolute Gasteiger partial charge is 0.493 e. The number of nitrogens with one attached hydrogen (secondary N) is 1. The first-order valence-corrected chi connectivity index (χ1v) is 10.6. The van der Waals surface area contributed by atoms with Crippen molar-refractivity contribution >= 4 is 23.6 Å². The Morgan fingerprint density at radius 3 is 2.57 bits per heavy atom. The summed E-state index contributed by atoms with van der Waals surface area (Å²) in [5, 5.41) is 2.88. The van der Waals surface area contributed by atoms with Gasteiger partial charge in [-0.3, -0.25) is 24.1 Å². The first kappa shape index (κ1) is 21.8. The molecule has 2 aliphatic heterocycles. The maximum Gasteiger partial charge on any atom is 0.229 e. The number of rotatable bonds is 9. The van der Waals surface area contributed by atoms with Crippen LogP contribution in [0.2, 0.25) is 0 Å². The second kappa shape index (κ2) is 10.8. The van der Waals surface area contributed by atoms with Gasteiger partial charge in [0.25, 0.3) is 0 Å². The van der Waals surface area contributed by atoms with E-state index in [9.17, 15) is 19.2 Å². The maximum atomic E-state index is 12.5. The molecular weight excluding hydrogens is 386 g/mol. The molecule has 4 amide bonds. The fraction of sp³-hybridized carbons (Fsp3) is 0.545. The molecule has 1 aromatic carbocycles. The Morgan fingerprint density at radius 2 is 1.83 bits per heavy atom. The normalized spacial score (nSPS) is 19.1. The predicted octanol–water partition coefficient (Wildman–Crippen LogP) is 1.35. The van der Waals surface area contributed by atoms with Gasteiger partial charge in [0.1, 0.15) is 5.75 Å². The van der Waals surface area contributed by atoms with Gasteiger partial charge in [0.05, 0.1) is 18.9 Å².